The number of aromatic nitrogens is 3. The van der Waals surface area contributed by atoms with E-state index < -0.39 is 0 Å². The van der Waals surface area contributed by atoms with Gasteiger partial charge in [0.2, 0.25) is 11.0 Å². The Kier molecular flexibility index (Phi) is 8.90. The second-order valence-corrected chi connectivity index (χ2v) is 8.04. The first-order chi connectivity index (χ1) is 15.1. The average Bonchev–Trinajstić information content (AvgIpc) is 3.24. The van der Waals surface area contributed by atoms with Crippen molar-refractivity contribution in [3.63, 3.8) is 0 Å². The van der Waals surface area contributed by atoms with Crippen molar-refractivity contribution in [1.29, 1.82) is 0 Å². The van der Waals surface area contributed by atoms with Crippen molar-refractivity contribution in [2.24, 2.45) is 0 Å². The molecule has 0 spiro atoms. The first-order valence-electron chi connectivity index (χ1n) is 10.6. The van der Waals surface area contributed by atoms with E-state index in [9.17, 15) is 9.18 Å². The predicted octanol–water partition coefficient (Wildman–Crippen LogP) is 4.02. The van der Waals surface area contributed by atoms with Gasteiger partial charge in [-0.25, -0.2) is 9.37 Å². The Labute approximate surface area is 186 Å². The fourth-order valence-corrected chi connectivity index (χ4v) is 3.82. The van der Waals surface area contributed by atoms with Crippen LogP contribution in [0.4, 0.5) is 9.52 Å². The van der Waals surface area contributed by atoms with E-state index in [1.807, 2.05) is 18.2 Å². The quantitative estimate of drug-likeness (QED) is 0.460. The van der Waals surface area contributed by atoms with E-state index in [0.717, 1.165) is 42.2 Å². The van der Waals surface area contributed by atoms with Gasteiger partial charge in [-0.15, -0.1) is 0 Å². The Morgan fingerprint density at radius 3 is 2.74 bits per heavy atom. The van der Waals surface area contributed by atoms with Gasteiger partial charge in [0.05, 0.1) is 0 Å². The summed E-state index contributed by atoms with van der Waals surface area (Å²) in [5, 5.41) is 3.79. The summed E-state index contributed by atoms with van der Waals surface area (Å²) in [4.78, 5) is 23.4. The van der Waals surface area contributed by atoms with E-state index in [2.05, 4.69) is 31.5 Å². The van der Waals surface area contributed by atoms with Crippen molar-refractivity contribution < 1.29 is 9.18 Å². The number of pyridine rings is 1. The van der Waals surface area contributed by atoms with Gasteiger partial charge in [0.1, 0.15) is 11.6 Å². The molecule has 1 aromatic carbocycles. The Morgan fingerprint density at radius 2 is 2.00 bits per heavy atom. The van der Waals surface area contributed by atoms with Gasteiger partial charge in [0, 0.05) is 62.3 Å². The molecule has 8 heteroatoms. The van der Waals surface area contributed by atoms with Gasteiger partial charge in [-0.1, -0.05) is 31.5 Å². The summed E-state index contributed by atoms with van der Waals surface area (Å²) in [5.41, 5.74) is 1.94. The number of rotatable bonds is 12. The summed E-state index contributed by atoms with van der Waals surface area (Å²) in [7, 11) is 0. The second kappa shape index (κ2) is 12.1. The van der Waals surface area contributed by atoms with Crippen molar-refractivity contribution in [2.45, 2.75) is 39.0 Å². The number of unbranched alkanes of at least 4 members (excludes halogenated alkanes) is 1. The number of carbonyl (C=O) groups excluding carboxylic acids is 1. The highest BCUT2D eigenvalue weighted by Gasteiger charge is 2.14. The van der Waals surface area contributed by atoms with E-state index in [4.69, 9.17) is 0 Å². The summed E-state index contributed by atoms with van der Waals surface area (Å²) < 4.78 is 17.6. The fraction of sp³-hybridized carbons (Fsp3) is 0.391. The maximum atomic E-state index is 13.1. The Bertz CT molecular complexity index is 933. The van der Waals surface area contributed by atoms with Crippen LogP contribution in [0.1, 0.15) is 43.3 Å². The average molecular weight is 442 g/mol. The normalized spacial score (nSPS) is 10.8. The number of halogens is 1. The topological polar surface area (TPSA) is 71.0 Å². The molecule has 3 aromatic rings. The Balaban J connectivity index is 1.50. The lowest BCUT2D eigenvalue weighted by molar-refractivity contribution is -0.120. The molecule has 3 rings (SSSR count). The minimum atomic E-state index is -0.250. The van der Waals surface area contributed by atoms with Gasteiger partial charge in [-0.3, -0.25) is 9.78 Å². The molecule has 0 atom stereocenters. The number of hydrogen-bond donors (Lipinski definition) is 1. The number of nitrogens with one attached hydrogen (secondary N) is 1. The zero-order chi connectivity index (χ0) is 21.9. The standard InChI is InChI=1S/C23H28FN5OS/c1-2-3-15-29(16-12-22(30)26-14-11-20-6-4-5-13-25-20)23-27-21(28-31-23)17-18-7-9-19(24)10-8-18/h4-10,13H,2-3,11-12,14-17H2,1H3,(H,26,30). The van der Waals surface area contributed by atoms with Crippen LogP contribution in [0, 0.1) is 5.82 Å². The van der Waals surface area contributed by atoms with E-state index in [1.165, 1.54) is 23.7 Å². The molecule has 0 aliphatic carbocycles. The van der Waals surface area contributed by atoms with Gasteiger partial charge in [0.15, 0.2) is 0 Å². The largest absolute Gasteiger partial charge is 0.356 e. The summed E-state index contributed by atoms with van der Waals surface area (Å²) in [6, 6.07) is 12.2. The van der Waals surface area contributed by atoms with Gasteiger partial charge in [0.25, 0.3) is 0 Å². The van der Waals surface area contributed by atoms with E-state index in [1.54, 1.807) is 18.3 Å². The summed E-state index contributed by atoms with van der Waals surface area (Å²) in [6.45, 7) is 4.15. The van der Waals surface area contributed by atoms with E-state index in [0.29, 0.717) is 31.8 Å². The van der Waals surface area contributed by atoms with Crippen molar-refractivity contribution >= 4 is 22.6 Å². The summed E-state index contributed by atoms with van der Waals surface area (Å²) >= 11 is 1.35. The molecule has 0 fully saturated rings. The molecule has 1 N–H and O–H groups in total. The van der Waals surface area contributed by atoms with Crippen LogP contribution in [0.15, 0.2) is 48.7 Å². The third-order valence-corrected chi connectivity index (χ3v) is 5.64. The molecule has 0 radical (unpaired) electrons. The van der Waals surface area contributed by atoms with Crippen LogP contribution in [-0.2, 0) is 17.6 Å². The summed E-state index contributed by atoms with van der Waals surface area (Å²) in [5.74, 6) is 0.487. The maximum absolute atomic E-state index is 13.1. The van der Waals surface area contributed by atoms with Crippen LogP contribution in [0.5, 0.6) is 0 Å². The number of hydrogen-bond acceptors (Lipinski definition) is 6. The molecule has 2 aromatic heterocycles. The molecular weight excluding hydrogens is 413 g/mol. The fourth-order valence-electron chi connectivity index (χ4n) is 3.08. The van der Waals surface area contributed by atoms with Crippen molar-refractivity contribution in [3.05, 3.63) is 71.6 Å². The first-order valence-corrected chi connectivity index (χ1v) is 11.4. The molecule has 0 aliphatic heterocycles. The zero-order valence-electron chi connectivity index (χ0n) is 17.8. The van der Waals surface area contributed by atoms with Crippen LogP contribution >= 0.6 is 11.5 Å². The number of carbonyl (C=O) groups is 1. The molecule has 0 bridgehead atoms. The molecule has 164 valence electrons. The van der Waals surface area contributed by atoms with Crippen LogP contribution in [0.2, 0.25) is 0 Å². The molecule has 2 heterocycles. The molecule has 6 nitrogen and oxygen atoms in total. The van der Waals surface area contributed by atoms with E-state index >= 15 is 0 Å². The molecule has 1 amide bonds. The van der Waals surface area contributed by atoms with Gasteiger partial charge in [-0.05, 0) is 36.2 Å². The van der Waals surface area contributed by atoms with Crippen LogP contribution in [0.25, 0.3) is 0 Å². The Morgan fingerprint density at radius 1 is 1.16 bits per heavy atom. The lowest BCUT2D eigenvalue weighted by atomic mass is 10.1. The summed E-state index contributed by atoms with van der Waals surface area (Å²) in [6.07, 6.45) is 5.53. The van der Waals surface area contributed by atoms with Crippen LogP contribution < -0.4 is 10.2 Å². The maximum Gasteiger partial charge on any atom is 0.221 e. The van der Waals surface area contributed by atoms with Crippen molar-refractivity contribution in [2.75, 3.05) is 24.5 Å². The highest BCUT2D eigenvalue weighted by Crippen LogP contribution is 2.20. The van der Waals surface area contributed by atoms with Crippen molar-refractivity contribution in [3.8, 4) is 0 Å². The predicted molar refractivity (Wildman–Crippen MR) is 122 cm³/mol. The minimum absolute atomic E-state index is 0.0217. The number of anilines is 1. The van der Waals surface area contributed by atoms with Gasteiger partial charge in [-0.2, -0.15) is 4.37 Å². The number of nitrogens with zero attached hydrogens (tertiary/aromatic N) is 4. The minimum Gasteiger partial charge on any atom is -0.356 e. The molecular formula is C23H28FN5OS. The van der Waals surface area contributed by atoms with E-state index in [-0.39, 0.29) is 11.7 Å². The van der Waals surface area contributed by atoms with Crippen LogP contribution in [0.3, 0.4) is 0 Å². The molecule has 0 aliphatic rings. The third kappa shape index (κ3) is 7.71. The molecule has 31 heavy (non-hydrogen) atoms. The monoisotopic (exact) mass is 441 g/mol. The molecule has 0 unspecified atom stereocenters. The number of benzene rings is 1. The molecule has 0 saturated carbocycles. The Hall–Kier alpha value is -2.87. The smallest absolute Gasteiger partial charge is 0.221 e. The molecule has 0 saturated heterocycles. The zero-order valence-corrected chi connectivity index (χ0v) is 18.6. The second-order valence-electron chi connectivity index (χ2n) is 7.31. The van der Waals surface area contributed by atoms with Gasteiger partial charge < -0.3 is 10.2 Å². The lowest BCUT2D eigenvalue weighted by Gasteiger charge is -2.20. The van der Waals surface area contributed by atoms with Crippen LogP contribution in [-0.4, -0.2) is 39.9 Å². The highest BCUT2D eigenvalue weighted by molar-refractivity contribution is 7.09. The lowest BCUT2D eigenvalue weighted by Crippen LogP contribution is -2.32. The number of amides is 1. The third-order valence-electron chi connectivity index (χ3n) is 4.82. The highest BCUT2D eigenvalue weighted by atomic mass is 32.1. The van der Waals surface area contributed by atoms with Gasteiger partial charge >= 0.3 is 0 Å². The van der Waals surface area contributed by atoms with Crippen molar-refractivity contribution in [1.82, 2.24) is 19.7 Å². The SMILES string of the molecule is CCCCN(CCC(=O)NCCc1ccccn1)c1nc(Cc2ccc(F)cc2)ns1. The first kappa shape index (κ1) is 22.8.